The number of ether oxygens (including phenoxy) is 2. The van der Waals surface area contributed by atoms with Crippen LogP contribution in [-0.4, -0.2) is 39.1 Å². The Balaban J connectivity index is 2.09. The fourth-order valence-corrected chi connectivity index (χ4v) is 2.50. The van der Waals surface area contributed by atoms with E-state index in [1.807, 2.05) is 6.92 Å². The number of hydrogen-bond donors (Lipinski definition) is 2. The molecule has 27 heavy (non-hydrogen) atoms. The van der Waals surface area contributed by atoms with E-state index in [1.54, 1.807) is 12.1 Å². The number of nitrogens with one attached hydrogen (secondary N) is 1. The van der Waals surface area contributed by atoms with Crippen LogP contribution in [0.3, 0.4) is 0 Å². The van der Waals surface area contributed by atoms with Crippen LogP contribution < -0.4 is 26.1 Å². The number of nitrogen functional groups attached to an aromatic ring is 1. The van der Waals surface area contributed by atoms with Crippen molar-refractivity contribution in [1.29, 1.82) is 0 Å². The Hall–Kier alpha value is -3.69. The number of fused-ring (bicyclic) bond motifs is 1. The minimum absolute atomic E-state index is 0.0428. The predicted octanol–water partition coefficient (Wildman–Crippen LogP) is 0.965. The van der Waals surface area contributed by atoms with Crippen LogP contribution in [0.2, 0.25) is 0 Å². The first-order chi connectivity index (χ1) is 13.0. The minimum atomic E-state index is -0.531. The second-order valence-corrected chi connectivity index (χ2v) is 5.51. The molecule has 140 valence electrons. The Morgan fingerprint density at radius 2 is 2.00 bits per heavy atom. The van der Waals surface area contributed by atoms with Gasteiger partial charge in [0.25, 0.3) is 11.5 Å². The molecule has 0 fully saturated rings. The molecule has 0 atom stereocenters. The van der Waals surface area contributed by atoms with E-state index in [9.17, 15) is 9.59 Å². The summed E-state index contributed by atoms with van der Waals surface area (Å²) in [5, 5.41) is 2.92. The van der Waals surface area contributed by atoms with E-state index in [2.05, 4.69) is 20.3 Å². The zero-order valence-electron chi connectivity index (χ0n) is 15.0. The standard InChI is InChI=1S/C17H18N6O4/c1-4-27-11-6-5-10-12(13(11)26-3)21-17(23(2)15(10)25)22-14(24)9-7-19-16(18)20-8-9/h5-8H,4H2,1-3H3,(H2,18,19,20)(H,21,22,24). The van der Waals surface area contributed by atoms with Gasteiger partial charge in [-0.2, -0.15) is 0 Å². The molecular weight excluding hydrogens is 352 g/mol. The van der Waals surface area contributed by atoms with Crippen molar-refractivity contribution in [3.63, 3.8) is 0 Å². The van der Waals surface area contributed by atoms with Crippen molar-refractivity contribution >= 4 is 28.7 Å². The first kappa shape index (κ1) is 18.1. The quantitative estimate of drug-likeness (QED) is 0.678. The molecule has 3 rings (SSSR count). The third kappa shape index (κ3) is 3.36. The second kappa shape index (κ2) is 7.28. The van der Waals surface area contributed by atoms with Gasteiger partial charge in [0.2, 0.25) is 11.9 Å². The first-order valence-electron chi connectivity index (χ1n) is 8.05. The van der Waals surface area contributed by atoms with Crippen LogP contribution >= 0.6 is 0 Å². The number of aromatic nitrogens is 4. The summed E-state index contributed by atoms with van der Waals surface area (Å²) in [5.74, 6) is 0.338. The molecule has 0 unspecified atom stereocenters. The van der Waals surface area contributed by atoms with Gasteiger partial charge in [0.1, 0.15) is 5.52 Å². The highest BCUT2D eigenvalue weighted by Gasteiger charge is 2.18. The lowest BCUT2D eigenvalue weighted by atomic mass is 10.2. The van der Waals surface area contributed by atoms with Crippen LogP contribution in [-0.2, 0) is 7.05 Å². The summed E-state index contributed by atoms with van der Waals surface area (Å²) in [6, 6.07) is 3.26. The van der Waals surface area contributed by atoms with E-state index in [-0.39, 0.29) is 28.5 Å². The van der Waals surface area contributed by atoms with Crippen LogP contribution in [0, 0.1) is 0 Å². The number of hydrogen-bond acceptors (Lipinski definition) is 8. The van der Waals surface area contributed by atoms with E-state index in [0.717, 1.165) is 0 Å². The van der Waals surface area contributed by atoms with Gasteiger partial charge in [-0.1, -0.05) is 0 Å². The number of anilines is 2. The molecule has 2 aromatic heterocycles. The highest BCUT2D eigenvalue weighted by atomic mass is 16.5. The van der Waals surface area contributed by atoms with Crippen molar-refractivity contribution in [2.24, 2.45) is 7.05 Å². The molecule has 1 amide bonds. The van der Waals surface area contributed by atoms with Crippen LogP contribution in [0.1, 0.15) is 17.3 Å². The summed E-state index contributed by atoms with van der Waals surface area (Å²) in [7, 11) is 2.97. The normalized spacial score (nSPS) is 10.6. The number of nitrogens with two attached hydrogens (primary N) is 1. The number of methoxy groups -OCH3 is 1. The maximum Gasteiger partial charge on any atom is 0.262 e. The van der Waals surface area contributed by atoms with Gasteiger partial charge in [-0.3, -0.25) is 19.5 Å². The molecule has 0 bridgehead atoms. The number of amides is 1. The average molecular weight is 370 g/mol. The zero-order valence-corrected chi connectivity index (χ0v) is 15.0. The van der Waals surface area contributed by atoms with Crippen molar-refractivity contribution in [3.05, 3.63) is 40.4 Å². The SMILES string of the molecule is CCOc1ccc2c(=O)n(C)c(NC(=O)c3cnc(N)nc3)nc2c1OC. The highest BCUT2D eigenvalue weighted by Crippen LogP contribution is 2.33. The Morgan fingerprint density at radius 3 is 2.63 bits per heavy atom. The lowest BCUT2D eigenvalue weighted by Crippen LogP contribution is -2.25. The van der Waals surface area contributed by atoms with Gasteiger partial charge in [0.15, 0.2) is 11.5 Å². The Labute approximate surface area is 154 Å². The van der Waals surface area contributed by atoms with Crippen molar-refractivity contribution in [3.8, 4) is 11.5 Å². The molecule has 0 radical (unpaired) electrons. The lowest BCUT2D eigenvalue weighted by molar-refractivity contribution is 0.102. The lowest BCUT2D eigenvalue weighted by Gasteiger charge is -2.14. The number of carbonyl (C=O) groups is 1. The van der Waals surface area contributed by atoms with E-state index < -0.39 is 5.91 Å². The third-order valence-corrected chi connectivity index (χ3v) is 3.83. The topological polar surface area (TPSA) is 134 Å². The highest BCUT2D eigenvalue weighted by molar-refractivity contribution is 6.03. The summed E-state index contributed by atoms with van der Waals surface area (Å²) in [4.78, 5) is 37.0. The molecule has 3 aromatic rings. The molecule has 1 aromatic carbocycles. The van der Waals surface area contributed by atoms with Gasteiger partial charge < -0.3 is 15.2 Å². The van der Waals surface area contributed by atoms with Gasteiger partial charge >= 0.3 is 0 Å². The van der Waals surface area contributed by atoms with Crippen molar-refractivity contribution in [2.45, 2.75) is 6.92 Å². The largest absolute Gasteiger partial charge is 0.491 e. The van der Waals surface area contributed by atoms with Gasteiger partial charge in [-0.25, -0.2) is 15.0 Å². The molecule has 3 N–H and O–H groups in total. The van der Waals surface area contributed by atoms with E-state index in [0.29, 0.717) is 23.5 Å². The van der Waals surface area contributed by atoms with E-state index >= 15 is 0 Å². The minimum Gasteiger partial charge on any atom is -0.491 e. The van der Waals surface area contributed by atoms with Gasteiger partial charge in [0, 0.05) is 19.4 Å². The summed E-state index contributed by atoms with van der Waals surface area (Å²) in [6.45, 7) is 2.26. The molecule has 0 saturated heterocycles. The molecule has 10 nitrogen and oxygen atoms in total. The molecule has 10 heteroatoms. The molecule has 0 aliphatic carbocycles. The Kier molecular flexibility index (Phi) is 4.88. The maximum absolute atomic E-state index is 12.7. The smallest absolute Gasteiger partial charge is 0.262 e. The molecule has 0 aliphatic rings. The van der Waals surface area contributed by atoms with Gasteiger partial charge in [-0.05, 0) is 19.1 Å². The van der Waals surface area contributed by atoms with Crippen LogP contribution in [0.4, 0.5) is 11.9 Å². The molecule has 0 spiro atoms. The van der Waals surface area contributed by atoms with Crippen molar-refractivity contribution in [1.82, 2.24) is 19.5 Å². The summed E-state index contributed by atoms with van der Waals surface area (Å²) < 4.78 is 12.1. The molecule has 2 heterocycles. The number of rotatable bonds is 5. The van der Waals surface area contributed by atoms with E-state index in [4.69, 9.17) is 15.2 Å². The maximum atomic E-state index is 12.7. The Bertz CT molecular complexity index is 1060. The second-order valence-electron chi connectivity index (χ2n) is 5.51. The van der Waals surface area contributed by atoms with Crippen LogP contribution in [0.25, 0.3) is 10.9 Å². The molecule has 0 aliphatic heterocycles. The molecular formula is C17H18N6O4. The number of nitrogens with zero attached hydrogens (tertiary/aromatic N) is 4. The summed E-state index contributed by atoms with van der Waals surface area (Å²) in [6.07, 6.45) is 2.56. The first-order valence-corrected chi connectivity index (χ1v) is 8.05. The van der Waals surface area contributed by atoms with E-state index in [1.165, 1.54) is 31.1 Å². The predicted molar refractivity (Wildman–Crippen MR) is 99.1 cm³/mol. The monoisotopic (exact) mass is 370 g/mol. The number of carbonyl (C=O) groups excluding carboxylic acids is 1. The van der Waals surface area contributed by atoms with Crippen LogP contribution in [0.5, 0.6) is 11.5 Å². The van der Waals surface area contributed by atoms with Crippen molar-refractivity contribution < 1.29 is 14.3 Å². The average Bonchev–Trinajstić information content (AvgIpc) is 2.66. The van der Waals surface area contributed by atoms with Gasteiger partial charge in [0.05, 0.1) is 24.7 Å². The van der Waals surface area contributed by atoms with Crippen LogP contribution in [0.15, 0.2) is 29.3 Å². The Morgan fingerprint density at radius 1 is 1.30 bits per heavy atom. The fourth-order valence-electron chi connectivity index (χ4n) is 2.50. The summed E-state index contributed by atoms with van der Waals surface area (Å²) >= 11 is 0. The number of benzene rings is 1. The zero-order chi connectivity index (χ0) is 19.6. The van der Waals surface area contributed by atoms with Crippen molar-refractivity contribution in [2.75, 3.05) is 24.8 Å². The summed E-state index contributed by atoms with van der Waals surface area (Å²) in [5.41, 5.74) is 5.54. The van der Waals surface area contributed by atoms with Gasteiger partial charge in [-0.15, -0.1) is 0 Å². The third-order valence-electron chi connectivity index (χ3n) is 3.83. The molecule has 0 saturated carbocycles. The fraction of sp³-hybridized carbons (Fsp3) is 0.235.